The van der Waals surface area contributed by atoms with Crippen LogP contribution in [0.25, 0.3) is 0 Å². The summed E-state index contributed by atoms with van der Waals surface area (Å²) >= 11 is 0. The molecule has 0 aromatic carbocycles. The first-order valence-corrected chi connectivity index (χ1v) is 6.70. The van der Waals surface area contributed by atoms with E-state index in [1.807, 2.05) is 11.8 Å². The lowest BCUT2D eigenvalue weighted by atomic mass is 9.96. The van der Waals surface area contributed by atoms with E-state index in [0.717, 1.165) is 25.8 Å². The minimum absolute atomic E-state index is 0.0214. The second-order valence-corrected chi connectivity index (χ2v) is 4.98. The van der Waals surface area contributed by atoms with Gasteiger partial charge in [0.1, 0.15) is 5.56 Å². The summed E-state index contributed by atoms with van der Waals surface area (Å²) in [7, 11) is 1.53. The van der Waals surface area contributed by atoms with Gasteiger partial charge in [0.05, 0.1) is 7.11 Å². The normalized spacial score (nSPS) is 21.0. The van der Waals surface area contributed by atoms with E-state index in [1.54, 1.807) is 18.3 Å². The van der Waals surface area contributed by atoms with Gasteiger partial charge in [-0.15, -0.1) is 0 Å². The van der Waals surface area contributed by atoms with E-state index >= 15 is 0 Å². The van der Waals surface area contributed by atoms with Gasteiger partial charge in [-0.25, -0.2) is 4.98 Å². The second-order valence-electron chi connectivity index (χ2n) is 4.98. The maximum atomic E-state index is 12.6. The average molecular weight is 263 g/mol. The monoisotopic (exact) mass is 263 g/mol. The number of ether oxygens (including phenoxy) is 1. The predicted octanol–water partition coefficient (Wildman–Crippen LogP) is 1.43. The van der Waals surface area contributed by atoms with Gasteiger partial charge >= 0.3 is 0 Å². The molecule has 2 rings (SSSR count). The van der Waals surface area contributed by atoms with Crippen LogP contribution in [0.2, 0.25) is 0 Å². The molecule has 19 heavy (non-hydrogen) atoms. The molecule has 2 heterocycles. The number of piperidine rings is 1. The summed E-state index contributed by atoms with van der Waals surface area (Å²) in [6.07, 6.45) is 4.73. The summed E-state index contributed by atoms with van der Waals surface area (Å²) in [6, 6.07) is 3.58. The fourth-order valence-corrected chi connectivity index (χ4v) is 2.63. The van der Waals surface area contributed by atoms with Crippen LogP contribution < -0.4 is 10.5 Å². The van der Waals surface area contributed by atoms with Gasteiger partial charge in [-0.3, -0.25) is 4.79 Å². The van der Waals surface area contributed by atoms with Crippen molar-refractivity contribution in [2.45, 2.75) is 38.3 Å². The zero-order valence-electron chi connectivity index (χ0n) is 11.5. The van der Waals surface area contributed by atoms with Gasteiger partial charge in [-0.2, -0.15) is 0 Å². The van der Waals surface area contributed by atoms with E-state index in [1.165, 1.54) is 7.11 Å². The van der Waals surface area contributed by atoms with Crippen LogP contribution in [-0.4, -0.2) is 41.5 Å². The summed E-state index contributed by atoms with van der Waals surface area (Å²) in [4.78, 5) is 18.6. The lowest BCUT2D eigenvalue weighted by Crippen LogP contribution is -2.51. The molecule has 104 valence electrons. The molecule has 0 saturated carbocycles. The first kappa shape index (κ1) is 13.8. The number of hydrogen-bond acceptors (Lipinski definition) is 4. The minimum atomic E-state index is -0.0352. The van der Waals surface area contributed by atoms with E-state index < -0.39 is 0 Å². The molecule has 2 N–H and O–H groups in total. The Labute approximate surface area is 113 Å². The number of nitrogens with two attached hydrogens (primary N) is 1. The van der Waals surface area contributed by atoms with Crippen molar-refractivity contribution in [2.75, 3.05) is 13.7 Å². The van der Waals surface area contributed by atoms with Crippen molar-refractivity contribution >= 4 is 5.91 Å². The highest BCUT2D eigenvalue weighted by atomic mass is 16.5. The van der Waals surface area contributed by atoms with Crippen LogP contribution in [0.15, 0.2) is 18.3 Å². The van der Waals surface area contributed by atoms with Crippen molar-refractivity contribution in [1.82, 2.24) is 9.88 Å². The number of methoxy groups -OCH3 is 1. The van der Waals surface area contributed by atoms with E-state index in [-0.39, 0.29) is 18.0 Å². The Morgan fingerprint density at radius 2 is 2.37 bits per heavy atom. The number of rotatable bonds is 3. The molecule has 1 aromatic heterocycles. The zero-order chi connectivity index (χ0) is 13.8. The molecule has 1 aromatic rings. The third-order valence-electron chi connectivity index (χ3n) is 3.61. The number of amides is 1. The summed E-state index contributed by atoms with van der Waals surface area (Å²) in [5.41, 5.74) is 6.51. The largest absolute Gasteiger partial charge is 0.480 e. The molecule has 0 radical (unpaired) electrons. The number of carbonyl (C=O) groups excluding carboxylic acids is 1. The van der Waals surface area contributed by atoms with Crippen molar-refractivity contribution in [3.05, 3.63) is 23.9 Å². The number of carbonyl (C=O) groups is 1. The topological polar surface area (TPSA) is 68.5 Å². The number of aromatic nitrogens is 1. The quantitative estimate of drug-likeness (QED) is 0.895. The highest BCUT2D eigenvalue weighted by molar-refractivity contribution is 5.96. The maximum Gasteiger partial charge on any atom is 0.259 e. The molecule has 5 nitrogen and oxygen atoms in total. The standard InChI is InChI=1S/C14H21N3O2/c1-10(15)12-7-3-4-9-17(12)14(18)11-6-5-8-16-13(11)19-2/h5-6,8,10,12H,3-4,7,9,15H2,1-2H3. The Morgan fingerprint density at radius 1 is 1.58 bits per heavy atom. The summed E-state index contributed by atoms with van der Waals surface area (Å²) in [6.45, 7) is 2.71. The number of pyridine rings is 1. The van der Waals surface area contributed by atoms with Crippen molar-refractivity contribution in [3.8, 4) is 5.88 Å². The molecule has 5 heteroatoms. The molecule has 1 aliphatic rings. The Balaban J connectivity index is 2.26. The lowest BCUT2D eigenvalue weighted by molar-refractivity contribution is 0.0579. The van der Waals surface area contributed by atoms with Crippen LogP contribution in [0.4, 0.5) is 0 Å². The molecule has 2 unspecified atom stereocenters. The number of likely N-dealkylation sites (tertiary alicyclic amines) is 1. The summed E-state index contributed by atoms with van der Waals surface area (Å²) in [5, 5.41) is 0. The fourth-order valence-electron chi connectivity index (χ4n) is 2.63. The first-order valence-electron chi connectivity index (χ1n) is 6.70. The molecule has 0 spiro atoms. The molecule has 1 amide bonds. The van der Waals surface area contributed by atoms with E-state index in [4.69, 9.17) is 10.5 Å². The molecule has 1 aliphatic heterocycles. The van der Waals surface area contributed by atoms with Crippen molar-refractivity contribution in [3.63, 3.8) is 0 Å². The van der Waals surface area contributed by atoms with Gasteiger partial charge in [0.15, 0.2) is 0 Å². The SMILES string of the molecule is COc1ncccc1C(=O)N1CCCCC1C(C)N. The Morgan fingerprint density at radius 3 is 3.05 bits per heavy atom. The Kier molecular flexibility index (Phi) is 4.37. The second kappa shape index (κ2) is 6.02. The summed E-state index contributed by atoms with van der Waals surface area (Å²) in [5.74, 6) is 0.341. The minimum Gasteiger partial charge on any atom is -0.480 e. The number of hydrogen-bond donors (Lipinski definition) is 1. The average Bonchev–Trinajstić information content (AvgIpc) is 2.46. The Bertz CT molecular complexity index is 448. The van der Waals surface area contributed by atoms with Crippen molar-refractivity contribution in [1.29, 1.82) is 0 Å². The highest BCUT2D eigenvalue weighted by Gasteiger charge is 2.31. The van der Waals surface area contributed by atoms with Crippen LogP contribution in [0, 0.1) is 0 Å². The molecule has 1 fully saturated rings. The zero-order valence-corrected chi connectivity index (χ0v) is 11.5. The smallest absolute Gasteiger partial charge is 0.259 e. The van der Waals surface area contributed by atoms with Gasteiger partial charge in [0.25, 0.3) is 5.91 Å². The predicted molar refractivity (Wildman–Crippen MR) is 73.1 cm³/mol. The van der Waals surface area contributed by atoms with E-state index in [9.17, 15) is 4.79 Å². The van der Waals surface area contributed by atoms with Crippen molar-refractivity contribution < 1.29 is 9.53 Å². The van der Waals surface area contributed by atoms with Gasteiger partial charge in [-0.1, -0.05) is 0 Å². The third-order valence-corrected chi connectivity index (χ3v) is 3.61. The van der Waals surface area contributed by atoms with Crippen LogP contribution in [0.1, 0.15) is 36.5 Å². The number of nitrogens with zero attached hydrogens (tertiary/aromatic N) is 2. The highest BCUT2D eigenvalue weighted by Crippen LogP contribution is 2.24. The van der Waals surface area contributed by atoms with Gasteiger partial charge in [0.2, 0.25) is 5.88 Å². The first-order chi connectivity index (χ1) is 9.15. The van der Waals surface area contributed by atoms with Crippen LogP contribution in [-0.2, 0) is 0 Å². The summed E-state index contributed by atoms with van der Waals surface area (Å²) < 4.78 is 5.16. The van der Waals surface area contributed by atoms with Gasteiger partial charge in [-0.05, 0) is 38.3 Å². The molecular formula is C14H21N3O2. The molecule has 1 saturated heterocycles. The van der Waals surface area contributed by atoms with Crippen LogP contribution in [0.3, 0.4) is 0 Å². The van der Waals surface area contributed by atoms with Crippen molar-refractivity contribution in [2.24, 2.45) is 5.73 Å². The molecular weight excluding hydrogens is 242 g/mol. The lowest BCUT2D eigenvalue weighted by Gasteiger charge is -2.38. The fraction of sp³-hybridized carbons (Fsp3) is 0.571. The van der Waals surface area contributed by atoms with Crippen LogP contribution in [0.5, 0.6) is 5.88 Å². The van der Waals surface area contributed by atoms with Gasteiger partial charge in [0, 0.05) is 24.8 Å². The molecule has 0 aliphatic carbocycles. The molecule has 0 bridgehead atoms. The van der Waals surface area contributed by atoms with E-state index in [2.05, 4.69) is 4.98 Å². The van der Waals surface area contributed by atoms with E-state index in [0.29, 0.717) is 11.4 Å². The van der Waals surface area contributed by atoms with Gasteiger partial charge < -0.3 is 15.4 Å². The maximum absolute atomic E-state index is 12.6. The third kappa shape index (κ3) is 2.87. The Hall–Kier alpha value is -1.62. The van der Waals surface area contributed by atoms with Crippen LogP contribution >= 0.6 is 0 Å². The molecule has 2 atom stereocenters.